The van der Waals surface area contributed by atoms with Gasteiger partial charge in [-0.15, -0.1) is 11.3 Å². The van der Waals surface area contributed by atoms with Crippen LogP contribution in [0.4, 0.5) is 9.18 Å². The summed E-state index contributed by atoms with van der Waals surface area (Å²) in [5.74, 6) is -0.435. The number of sulfonamides is 1. The van der Waals surface area contributed by atoms with Crippen LogP contribution >= 0.6 is 11.3 Å². The Morgan fingerprint density at radius 1 is 1.35 bits per heavy atom. The van der Waals surface area contributed by atoms with Gasteiger partial charge in [-0.1, -0.05) is 17.3 Å². The van der Waals surface area contributed by atoms with Gasteiger partial charge in [0.15, 0.2) is 0 Å². The lowest BCUT2D eigenvalue weighted by molar-refractivity contribution is 0.151. The van der Waals surface area contributed by atoms with Gasteiger partial charge in [-0.3, -0.25) is 4.84 Å². The molecule has 0 spiro atoms. The van der Waals surface area contributed by atoms with Crippen LogP contribution in [-0.2, 0) is 21.3 Å². The highest BCUT2D eigenvalue weighted by molar-refractivity contribution is 7.89. The van der Waals surface area contributed by atoms with E-state index in [1.807, 2.05) is 0 Å². The molecule has 1 heterocycles. The minimum absolute atomic E-state index is 0.159. The Balaban J connectivity index is 1.80. The number of likely N-dealkylation sites (N-methyl/N-ethyl adjacent to an activating group) is 1. The normalized spacial score (nSPS) is 16.2. The number of hydrogen-bond donors (Lipinski definition) is 2. The Labute approximate surface area is 184 Å². The molecule has 1 unspecified atom stereocenters. The van der Waals surface area contributed by atoms with E-state index < -0.39 is 28.0 Å². The Hall–Kier alpha value is -2.34. The summed E-state index contributed by atoms with van der Waals surface area (Å²) >= 11 is 1.23. The molecule has 2 N–H and O–H groups in total. The first kappa shape index (κ1) is 23.3. The molecule has 1 amide bonds. The van der Waals surface area contributed by atoms with Crippen molar-refractivity contribution >= 4 is 33.2 Å². The van der Waals surface area contributed by atoms with E-state index in [1.54, 1.807) is 12.3 Å². The average molecular weight is 470 g/mol. The molecule has 11 heteroatoms. The number of carbonyl (C=O) groups excluding carboxylic acids is 1. The van der Waals surface area contributed by atoms with Gasteiger partial charge >= 0.3 is 6.09 Å². The predicted octanol–water partition coefficient (Wildman–Crippen LogP) is 3.03. The molecule has 0 bridgehead atoms. The maximum Gasteiger partial charge on any atom is 0.433 e. The van der Waals surface area contributed by atoms with E-state index in [0.29, 0.717) is 47.5 Å². The van der Waals surface area contributed by atoms with Gasteiger partial charge in [0.2, 0.25) is 10.0 Å². The maximum absolute atomic E-state index is 13.2. The third kappa shape index (κ3) is 5.29. The smallest absolute Gasteiger partial charge is 0.387 e. The Morgan fingerprint density at radius 2 is 2.06 bits per heavy atom. The molecule has 168 valence electrons. The van der Waals surface area contributed by atoms with E-state index >= 15 is 0 Å². The number of amides is 1. The van der Waals surface area contributed by atoms with Crippen molar-refractivity contribution in [1.29, 1.82) is 0 Å². The van der Waals surface area contributed by atoms with Crippen LogP contribution in [0.15, 0.2) is 39.7 Å². The first-order valence-corrected chi connectivity index (χ1v) is 12.1. The number of fused-ring (bicyclic) bond motifs is 1. The Kier molecular flexibility index (Phi) is 7.42. The van der Waals surface area contributed by atoms with Gasteiger partial charge in [-0.2, -0.15) is 4.31 Å². The number of hydrogen-bond acceptors (Lipinski definition) is 7. The molecule has 1 aromatic carbocycles. The molecule has 0 fully saturated rings. The molecule has 0 radical (unpaired) electrons. The van der Waals surface area contributed by atoms with Crippen LogP contribution in [-0.4, -0.2) is 49.8 Å². The second-order valence-electron chi connectivity index (χ2n) is 7.06. The molecule has 31 heavy (non-hydrogen) atoms. The number of benzene rings is 1. The lowest BCUT2D eigenvalue weighted by Gasteiger charge is -2.22. The van der Waals surface area contributed by atoms with E-state index in [0.717, 1.165) is 4.31 Å². The number of nitrogens with zero attached hydrogens (tertiary/aromatic N) is 2. The molecule has 1 aromatic heterocycles. The maximum atomic E-state index is 13.2. The monoisotopic (exact) mass is 469 g/mol. The van der Waals surface area contributed by atoms with Crippen molar-refractivity contribution in [3.8, 4) is 0 Å². The summed E-state index contributed by atoms with van der Waals surface area (Å²) in [4.78, 5) is 17.2. The Morgan fingerprint density at radius 3 is 2.74 bits per heavy atom. The standard InChI is InChI=1S/C20H24FN3O5S2/c1-3-22-20(26)29-23-16-6-4-5-15-18(12-30-19(15)16)31(27,28)24(2)11-17(25)13-7-9-14(21)10-8-13/h7-10,12,17,25H,3-6,11H2,1-2H3,(H,22,26)/b23-16-. The van der Waals surface area contributed by atoms with Gasteiger partial charge in [0.1, 0.15) is 5.82 Å². The summed E-state index contributed by atoms with van der Waals surface area (Å²) in [5.41, 5.74) is 1.60. The van der Waals surface area contributed by atoms with E-state index in [-0.39, 0.29) is 11.4 Å². The highest BCUT2D eigenvalue weighted by atomic mass is 32.2. The number of aliphatic hydroxyl groups is 1. The first-order chi connectivity index (χ1) is 14.7. The summed E-state index contributed by atoms with van der Waals surface area (Å²) in [6.07, 6.45) is 0.0395. The summed E-state index contributed by atoms with van der Waals surface area (Å²) in [6, 6.07) is 5.27. The minimum Gasteiger partial charge on any atom is -0.387 e. The fourth-order valence-corrected chi connectivity index (χ4v) is 6.15. The predicted molar refractivity (Wildman–Crippen MR) is 115 cm³/mol. The number of aliphatic hydroxyl groups excluding tert-OH is 1. The molecule has 0 saturated heterocycles. The van der Waals surface area contributed by atoms with Crippen molar-refractivity contribution in [2.24, 2.45) is 5.16 Å². The molecule has 0 aliphatic heterocycles. The van der Waals surface area contributed by atoms with E-state index in [1.165, 1.54) is 42.6 Å². The third-order valence-electron chi connectivity index (χ3n) is 4.89. The summed E-state index contributed by atoms with van der Waals surface area (Å²) in [7, 11) is -2.49. The second-order valence-corrected chi connectivity index (χ2v) is 9.95. The van der Waals surface area contributed by atoms with Crippen molar-refractivity contribution in [3.05, 3.63) is 51.5 Å². The van der Waals surface area contributed by atoms with Gasteiger partial charge in [-0.25, -0.2) is 17.6 Å². The number of rotatable bonds is 7. The lowest BCUT2D eigenvalue weighted by Crippen LogP contribution is -2.32. The molecule has 2 aromatic rings. The molecular formula is C20H24FN3O5S2. The van der Waals surface area contributed by atoms with E-state index in [2.05, 4.69) is 10.5 Å². The third-order valence-corrected chi connectivity index (χ3v) is 8.00. The number of oxime groups is 1. The van der Waals surface area contributed by atoms with Crippen LogP contribution in [0.5, 0.6) is 0 Å². The zero-order chi connectivity index (χ0) is 22.6. The zero-order valence-corrected chi connectivity index (χ0v) is 18.8. The zero-order valence-electron chi connectivity index (χ0n) is 17.2. The van der Waals surface area contributed by atoms with E-state index in [4.69, 9.17) is 4.84 Å². The van der Waals surface area contributed by atoms with Crippen LogP contribution in [0.3, 0.4) is 0 Å². The van der Waals surface area contributed by atoms with Gasteiger partial charge < -0.3 is 10.4 Å². The number of nitrogens with one attached hydrogen (secondary N) is 1. The number of carbonyl (C=O) groups is 1. The van der Waals surface area contributed by atoms with Crippen LogP contribution in [0.25, 0.3) is 0 Å². The molecule has 3 rings (SSSR count). The number of halogens is 1. The summed E-state index contributed by atoms with van der Waals surface area (Å²) in [6.45, 7) is 1.99. The molecular weight excluding hydrogens is 445 g/mol. The molecule has 1 aliphatic rings. The highest BCUT2D eigenvalue weighted by Gasteiger charge is 2.31. The molecule has 8 nitrogen and oxygen atoms in total. The van der Waals surface area contributed by atoms with Crippen LogP contribution in [0.1, 0.15) is 41.9 Å². The first-order valence-electron chi connectivity index (χ1n) is 9.76. The molecule has 1 atom stereocenters. The van der Waals surface area contributed by atoms with Crippen molar-refractivity contribution in [2.45, 2.75) is 37.2 Å². The fraction of sp³-hybridized carbons (Fsp3) is 0.400. The van der Waals surface area contributed by atoms with Crippen LogP contribution < -0.4 is 5.32 Å². The summed E-state index contributed by atoms with van der Waals surface area (Å²) in [5, 5.41) is 18.3. The van der Waals surface area contributed by atoms with Crippen LogP contribution in [0, 0.1) is 5.82 Å². The van der Waals surface area contributed by atoms with Crippen molar-refractivity contribution < 1.29 is 27.5 Å². The largest absolute Gasteiger partial charge is 0.433 e. The average Bonchev–Trinajstić information content (AvgIpc) is 3.18. The lowest BCUT2D eigenvalue weighted by atomic mass is 9.98. The fourth-order valence-electron chi connectivity index (χ4n) is 3.27. The molecule has 0 saturated carbocycles. The minimum atomic E-state index is -3.88. The second kappa shape index (κ2) is 9.86. The summed E-state index contributed by atoms with van der Waals surface area (Å²) < 4.78 is 40.5. The Bertz CT molecular complexity index is 1070. The van der Waals surface area contributed by atoms with Crippen molar-refractivity contribution in [3.63, 3.8) is 0 Å². The topological polar surface area (TPSA) is 108 Å². The highest BCUT2D eigenvalue weighted by Crippen LogP contribution is 2.35. The number of thiophene rings is 1. The van der Waals surface area contributed by atoms with Crippen molar-refractivity contribution in [1.82, 2.24) is 9.62 Å². The van der Waals surface area contributed by atoms with Crippen LogP contribution in [0.2, 0.25) is 0 Å². The van der Waals surface area contributed by atoms with Gasteiger partial charge in [0, 0.05) is 25.5 Å². The van der Waals surface area contributed by atoms with Gasteiger partial charge in [0.25, 0.3) is 0 Å². The molecule has 1 aliphatic carbocycles. The quantitative estimate of drug-likeness (QED) is 0.479. The van der Waals surface area contributed by atoms with Gasteiger partial charge in [0.05, 0.1) is 21.6 Å². The SMILES string of the molecule is CCNC(=O)O/N=C1/CCCc2c(S(=O)(=O)N(C)CC(O)c3ccc(F)cc3)csc21. The van der Waals surface area contributed by atoms with Gasteiger partial charge in [-0.05, 0) is 49.4 Å². The van der Waals surface area contributed by atoms with E-state index in [9.17, 15) is 22.7 Å². The van der Waals surface area contributed by atoms with Crippen molar-refractivity contribution in [2.75, 3.05) is 20.1 Å².